The van der Waals surface area contributed by atoms with Gasteiger partial charge >= 0.3 is 0 Å². The first-order valence-electron chi connectivity index (χ1n) is 6.66. The highest BCUT2D eigenvalue weighted by Gasteiger charge is 2.28. The highest BCUT2D eigenvalue weighted by molar-refractivity contribution is 7.99. The predicted molar refractivity (Wildman–Crippen MR) is 75.2 cm³/mol. The second-order valence-electron chi connectivity index (χ2n) is 4.78. The molecule has 0 amide bonds. The number of ether oxygens (including phenoxy) is 1. The van der Waals surface area contributed by atoms with Crippen LogP contribution in [0.2, 0.25) is 0 Å². The van der Waals surface area contributed by atoms with Crippen molar-refractivity contribution in [1.29, 1.82) is 0 Å². The molecule has 1 saturated heterocycles. The molecule has 1 N–H and O–H groups in total. The van der Waals surface area contributed by atoms with Crippen molar-refractivity contribution in [2.45, 2.75) is 36.0 Å². The Morgan fingerprint density at radius 2 is 2.09 bits per heavy atom. The fourth-order valence-electron chi connectivity index (χ4n) is 2.40. The number of ketones is 1. The molecule has 1 heterocycles. The number of carbonyl (C=O) groups excluding carboxylic acids is 1. The van der Waals surface area contributed by atoms with Crippen LogP contribution in [0.4, 0.5) is 17.6 Å². The van der Waals surface area contributed by atoms with Gasteiger partial charge in [0.05, 0.1) is 18.7 Å². The smallest absolute Gasteiger partial charge is 0.288 e. The standard InChI is InChI=1S/C14H15F4NO2S/c1-21-10-5-8(13(15)16)11(22-14(17)18)6-7(10)12(20)9-3-2-4-19-9/h5-6,9,13-14,19H,2-4H2,1H3. The molecule has 0 spiro atoms. The molecule has 1 aliphatic rings. The van der Waals surface area contributed by atoms with Crippen molar-refractivity contribution in [3.8, 4) is 5.75 Å². The minimum Gasteiger partial charge on any atom is -0.496 e. The van der Waals surface area contributed by atoms with Crippen molar-refractivity contribution in [2.75, 3.05) is 13.7 Å². The largest absolute Gasteiger partial charge is 0.496 e. The molecule has 122 valence electrons. The summed E-state index contributed by atoms with van der Waals surface area (Å²) >= 11 is 0.00517. The molecule has 8 heteroatoms. The van der Waals surface area contributed by atoms with Crippen LogP contribution in [-0.4, -0.2) is 31.2 Å². The molecule has 3 nitrogen and oxygen atoms in total. The quantitative estimate of drug-likeness (QED) is 0.486. The Balaban J connectivity index is 2.44. The number of hydrogen-bond donors (Lipinski definition) is 1. The summed E-state index contributed by atoms with van der Waals surface area (Å²) in [6.45, 7) is 0.687. The number of hydrogen-bond acceptors (Lipinski definition) is 4. The summed E-state index contributed by atoms with van der Waals surface area (Å²) in [5, 5.41) is 3.00. The van der Waals surface area contributed by atoms with E-state index in [9.17, 15) is 22.4 Å². The summed E-state index contributed by atoms with van der Waals surface area (Å²) < 4.78 is 56.2. The Kier molecular flexibility index (Phi) is 5.69. The average Bonchev–Trinajstić information content (AvgIpc) is 2.99. The van der Waals surface area contributed by atoms with Crippen molar-refractivity contribution in [3.05, 3.63) is 23.3 Å². The van der Waals surface area contributed by atoms with Gasteiger partial charge in [-0.15, -0.1) is 0 Å². The van der Waals surface area contributed by atoms with Crippen molar-refractivity contribution in [1.82, 2.24) is 5.32 Å². The lowest BCUT2D eigenvalue weighted by Gasteiger charge is -2.16. The van der Waals surface area contributed by atoms with Crippen molar-refractivity contribution < 1.29 is 27.1 Å². The fourth-order valence-corrected chi connectivity index (χ4v) is 3.06. The second-order valence-corrected chi connectivity index (χ2v) is 5.81. The lowest BCUT2D eigenvalue weighted by molar-refractivity contribution is 0.0948. The number of methoxy groups -OCH3 is 1. The third-order valence-corrected chi connectivity index (χ3v) is 4.21. The van der Waals surface area contributed by atoms with Crippen LogP contribution in [0.1, 0.15) is 35.2 Å². The van der Waals surface area contributed by atoms with E-state index < -0.39 is 23.8 Å². The van der Waals surface area contributed by atoms with E-state index in [0.717, 1.165) is 18.6 Å². The van der Waals surface area contributed by atoms with E-state index in [1.807, 2.05) is 0 Å². The van der Waals surface area contributed by atoms with E-state index in [1.54, 1.807) is 0 Å². The molecular formula is C14H15F4NO2S. The molecule has 0 radical (unpaired) electrons. The zero-order chi connectivity index (χ0) is 16.3. The lowest BCUT2D eigenvalue weighted by Crippen LogP contribution is -2.31. The molecular weight excluding hydrogens is 322 g/mol. The van der Waals surface area contributed by atoms with Crippen LogP contribution in [0.15, 0.2) is 17.0 Å². The number of carbonyl (C=O) groups is 1. The SMILES string of the molecule is COc1cc(C(F)F)c(SC(F)F)cc1C(=O)C1CCCN1. The maximum Gasteiger partial charge on any atom is 0.288 e. The fraction of sp³-hybridized carbons (Fsp3) is 0.500. The van der Waals surface area contributed by atoms with E-state index in [0.29, 0.717) is 13.0 Å². The van der Waals surface area contributed by atoms with E-state index in [4.69, 9.17) is 4.74 Å². The Bertz CT molecular complexity index is 548. The van der Waals surface area contributed by atoms with E-state index >= 15 is 0 Å². The van der Waals surface area contributed by atoms with Crippen molar-refractivity contribution >= 4 is 17.5 Å². The Hall–Kier alpha value is -1.28. The monoisotopic (exact) mass is 337 g/mol. The predicted octanol–water partition coefficient (Wildman–Crippen LogP) is 3.88. The van der Waals surface area contributed by atoms with Gasteiger partial charge in [0.2, 0.25) is 0 Å². The molecule has 1 unspecified atom stereocenters. The van der Waals surface area contributed by atoms with Gasteiger partial charge in [-0.25, -0.2) is 8.78 Å². The van der Waals surface area contributed by atoms with Crippen LogP contribution in [0.25, 0.3) is 0 Å². The number of rotatable bonds is 6. The lowest BCUT2D eigenvalue weighted by atomic mass is 10.00. The number of benzene rings is 1. The first kappa shape index (κ1) is 17.1. The average molecular weight is 337 g/mol. The third-order valence-electron chi connectivity index (χ3n) is 3.43. The van der Waals surface area contributed by atoms with Crippen molar-refractivity contribution in [2.24, 2.45) is 0 Å². The number of halogens is 4. The van der Waals surface area contributed by atoms with Crippen LogP contribution < -0.4 is 10.1 Å². The zero-order valence-electron chi connectivity index (χ0n) is 11.7. The summed E-state index contributed by atoms with van der Waals surface area (Å²) in [6.07, 6.45) is -1.48. The second kappa shape index (κ2) is 7.32. The van der Waals surface area contributed by atoms with Crippen molar-refractivity contribution in [3.63, 3.8) is 0 Å². The van der Waals surface area contributed by atoms with Gasteiger partial charge in [0.1, 0.15) is 5.75 Å². The molecule has 1 aromatic carbocycles. The Morgan fingerprint density at radius 3 is 2.59 bits per heavy atom. The molecule has 0 saturated carbocycles. The third kappa shape index (κ3) is 3.73. The molecule has 1 fully saturated rings. The number of nitrogens with one attached hydrogen (secondary N) is 1. The first-order chi connectivity index (χ1) is 10.4. The number of thioether (sulfide) groups is 1. The molecule has 1 aliphatic heterocycles. The van der Waals surface area contributed by atoms with Gasteiger partial charge in [-0.2, -0.15) is 8.78 Å². The first-order valence-corrected chi connectivity index (χ1v) is 7.54. The van der Waals surface area contributed by atoms with Gasteiger partial charge in [-0.1, -0.05) is 11.8 Å². The Labute approximate surface area is 129 Å². The number of alkyl halides is 4. The summed E-state index contributed by atoms with van der Waals surface area (Å²) in [5.41, 5.74) is -0.507. The van der Waals surface area contributed by atoms with Crippen LogP contribution >= 0.6 is 11.8 Å². The summed E-state index contributed by atoms with van der Waals surface area (Å²) in [4.78, 5) is 12.1. The molecule has 0 bridgehead atoms. The van der Waals surface area contributed by atoms with E-state index in [-0.39, 0.29) is 33.8 Å². The van der Waals surface area contributed by atoms with Crippen LogP contribution in [-0.2, 0) is 0 Å². The maximum absolute atomic E-state index is 13.0. The van der Waals surface area contributed by atoms with Gasteiger partial charge in [0, 0.05) is 10.5 Å². The summed E-state index contributed by atoms with van der Waals surface area (Å²) in [6, 6.07) is 1.62. The van der Waals surface area contributed by atoms with Gasteiger partial charge in [0.25, 0.3) is 12.2 Å². The topological polar surface area (TPSA) is 38.3 Å². The summed E-state index contributed by atoms with van der Waals surface area (Å²) in [5.74, 6) is -3.20. The minimum atomic E-state index is -2.93. The maximum atomic E-state index is 13.0. The van der Waals surface area contributed by atoms with Crippen LogP contribution in [0.5, 0.6) is 5.75 Å². The molecule has 0 aliphatic carbocycles. The summed E-state index contributed by atoms with van der Waals surface area (Å²) in [7, 11) is 1.25. The zero-order valence-corrected chi connectivity index (χ0v) is 12.6. The normalized spacial score (nSPS) is 18.2. The van der Waals surface area contributed by atoms with Crippen LogP contribution in [0.3, 0.4) is 0 Å². The Morgan fingerprint density at radius 1 is 1.36 bits per heavy atom. The van der Waals surface area contributed by atoms with Gasteiger partial charge in [-0.3, -0.25) is 4.79 Å². The van der Waals surface area contributed by atoms with Gasteiger partial charge < -0.3 is 10.1 Å². The number of Topliss-reactive ketones (excluding diaryl/α,β-unsaturated/α-hetero) is 1. The van der Waals surface area contributed by atoms with Gasteiger partial charge in [0.15, 0.2) is 5.78 Å². The minimum absolute atomic E-state index is 0.00517. The molecule has 1 aromatic rings. The molecule has 0 aromatic heterocycles. The highest BCUT2D eigenvalue weighted by Crippen LogP contribution is 2.38. The van der Waals surface area contributed by atoms with Crippen LogP contribution in [0, 0.1) is 0 Å². The van der Waals surface area contributed by atoms with Gasteiger partial charge in [-0.05, 0) is 31.5 Å². The van der Waals surface area contributed by atoms with E-state index in [2.05, 4.69) is 5.32 Å². The molecule has 1 atom stereocenters. The molecule has 2 rings (SSSR count). The highest BCUT2D eigenvalue weighted by atomic mass is 32.2. The molecule has 22 heavy (non-hydrogen) atoms. The van der Waals surface area contributed by atoms with E-state index in [1.165, 1.54) is 7.11 Å².